The molecule has 3 rings (SSSR count). The Hall–Kier alpha value is -2.99. The predicted molar refractivity (Wildman–Crippen MR) is 113 cm³/mol. The Balaban J connectivity index is 1.63. The summed E-state index contributed by atoms with van der Waals surface area (Å²) in [7, 11) is 3.25. The minimum Gasteiger partial charge on any atom is -0.497 e. The molecule has 7 heteroatoms. The van der Waals surface area contributed by atoms with Gasteiger partial charge in [-0.05, 0) is 49.2 Å². The molecule has 0 radical (unpaired) electrons. The number of nitrogens with one attached hydrogen (secondary N) is 2. The highest BCUT2D eigenvalue weighted by Gasteiger charge is 2.06. The van der Waals surface area contributed by atoms with Crippen LogP contribution in [0.3, 0.4) is 0 Å². The van der Waals surface area contributed by atoms with Gasteiger partial charge in [-0.2, -0.15) is 4.98 Å². The Morgan fingerprint density at radius 3 is 2.43 bits per heavy atom. The van der Waals surface area contributed by atoms with Crippen LogP contribution in [0.5, 0.6) is 11.5 Å². The zero-order valence-electron chi connectivity index (χ0n) is 16.1. The number of anilines is 3. The van der Waals surface area contributed by atoms with E-state index in [-0.39, 0.29) is 0 Å². The van der Waals surface area contributed by atoms with E-state index in [4.69, 9.17) is 21.1 Å². The summed E-state index contributed by atoms with van der Waals surface area (Å²) in [5.74, 6) is 2.76. The van der Waals surface area contributed by atoms with Gasteiger partial charge in [0.25, 0.3) is 0 Å². The van der Waals surface area contributed by atoms with E-state index in [0.717, 1.165) is 30.1 Å². The summed E-state index contributed by atoms with van der Waals surface area (Å²) < 4.78 is 10.4. The molecule has 2 N–H and O–H groups in total. The van der Waals surface area contributed by atoms with E-state index in [1.54, 1.807) is 20.3 Å². The van der Waals surface area contributed by atoms with Gasteiger partial charge in [0, 0.05) is 24.0 Å². The molecule has 1 aromatic heterocycles. The number of benzene rings is 2. The number of halogens is 1. The van der Waals surface area contributed by atoms with E-state index in [9.17, 15) is 0 Å². The molecule has 0 spiro atoms. The van der Waals surface area contributed by atoms with Crippen LogP contribution in [-0.2, 0) is 6.42 Å². The van der Waals surface area contributed by atoms with Gasteiger partial charge in [-0.25, -0.2) is 4.98 Å². The maximum absolute atomic E-state index is 6.19. The minimum atomic E-state index is 0.538. The second kappa shape index (κ2) is 9.28. The van der Waals surface area contributed by atoms with E-state index in [1.807, 2.05) is 37.3 Å². The first-order valence-corrected chi connectivity index (χ1v) is 9.28. The van der Waals surface area contributed by atoms with Crippen molar-refractivity contribution < 1.29 is 9.47 Å². The van der Waals surface area contributed by atoms with Crippen molar-refractivity contribution in [2.45, 2.75) is 13.3 Å². The Bertz CT molecular complexity index is 932. The monoisotopic (exact) mass is 398 g/mol. The number of aromatic nitrogens is 2. The van der Waals surface area contributed by atoms with Crippen LogP contribution in [0.15, 0.2) is 48.5 Å². The van der Waals surface area contributed by atoms with Gasteiger partial charge in [-0.15, -0.1) is 0 Å². The molecule has 0 bridgehead atoms. The van der Waals surface area contributed by atoms with E-state index in [1.165, 1.54) is 5.56 Å². The maximum Gasteiger partial charge on any atom is 0.224 e. The topological polar surface area (TPSA) is 68.3 Å². The van der Waals surface area contributed by atoms with Crippen LogP contribution in [0.4, 0.5) is 17.5 Å². The first-order valence-electron chi connectivity index (χ1n) is 8.90. The highest BCUT2D eigenvalue weighted by atomic mass is 35.5. The molecule has 0 aliphatic heterocycles. The summed E-state index contributed by atoms with van der Waals surface area (Å²) in [6.07, 6.45) is 0.859. The third-order valence-corrected chi connectivity index (χ3v) is 4.43. The largest absolute Gasteiger partial charge is 0.497 e. The molecule has 1 heterocycles. The number of hydrogen-bond acceptors (Lipinski definition) is 6. The lowest BCUT2D eigenvalue weighted by molar-refractivity contribution is 0.414. The normalized spacial score (nSPS) is 10.4. The molecule has 2 aromatic carbocycles. The van der Waals surface area contributed by atoms with Gasteiger partial charge in [0.05, 0.1) is 19.2 Å². The van der Waals surface area contributed by atoms with Crippen LogP contribution in [-0.4, -0.2) is 30.7 Å². The molecular formula is C21H23ClN4O2. The first kappa shape index (κ1) is 19.8. The van der Waals surface area contributed by atoms with Gasteiger partial charge in [-0.3, -0.25) is 0 Å². The summed E-state index contributed by atoms with van der Waals surface area (Å²) >= 11 is 6.19. The number of ether oxygens (including phenoxy) is 2. The van der Waals surface area contributed by atoms with E-state index in [2.05, 4.69) is 32.7 Å². The van der Waals surface area contributed by atoms with Gasteiger partial charge >= 0.3 is 0 Å². The van der Waals surface area contributed by atoms with Gasteiger partial charge in [0.1, 0.15) is 17.3 Å². The minimum absolute atomic E-state index is 0.538. The lowest BCUT2D eigenvalue weighted by atomic mass is 10.1. The molecule has 0 aliphatic rings. The van der Waals surface area contributed by atoms with Crippen LogP contribution in [0, 0.1) is 6.92 Å². The number of aryl methyl sites for hydroxylation is 1. The third-order valence-electron chi connectivity index (χ3n) is 4.13. The molecule has 0 atom stereocenters. The predicted octanol–water partition coefficient (Wildman–Crippen LogP) is 4.85. The molecule has 3 aromatic rings. The smallest absolute Gasteiger partial charge is 0.224 e. The van der Waals surface area contributed by atoms with E-state index >= 15 is 0 Å². The zero-order valence-corrected chi connectivity index (χ0v) is 16.9. The van der Waals surface area contributed by atoms with Gasteiger partial charge in [0.15, 0.2) is 0 Å². The number of rotatable bonds is 8. The van der Waals surface area contributed by atoms with Crippen LogP contribution in [0.25, 0.3) is 0 Å². The summed E-state index contributed by atoms with van der Waals surface area (Å²) in [6.45, 7) is 2.66. The highest BCUT2D eigenvalue weighted by Crippen LogP contribution is 2.28. The van der Waals surface area contributed by atoms with Crippen molar-refractivity contribution in [2.75, 3.05) is 31.4 Å². The molecule has 28 heavy (non-hydrogen) atoms. The fourth-order valence-corrected chi connectivity index (χ4v) is 2.97. The van der Waals surface area contributed by atoms with E-state index in [0.29, 0.717) is 22.5 Å². The third kappa shape index (κ3) is 5.27. The van der Waals surface area contributed by atoms with Crippen molar-refractivity contribution in [1.29, 1.82) is 0 Å². The molecule has 0 saturated carbocycles. The van der Waals surface area contributed by atoms with Crippen LogP contribution in [0.2, 0.25) is 5.02 Å². The average Bonchev–Trinajstić information content (AvgIpc) is 2.68. The standard InChI is InChI=1S/C21H23ClN4O2/c1-14-12-20(25-16-6-9-19(28-3)18(22)13-16)26-21(24-14)23-11-10-15-4-7-17(27-2)8-5-15/h4-9,12-13H,10-11H2,1-3H3,(H2,23,24,25,26). The average molecular weight is 399 g/mol. The summed E-state index contributed by atoms with van der Waals surface area (Å²) in [5.41, 5.74) is 2.91. The second-order valence-corrected chi connectivity index (χ2v) is 6.62. The van der Waals surface area contributed by atoms with Gasteiger partial charge in [0.2, 0.25) is 5.95 Å². The molecule has 146 valence electrons. The Morgan fingerprint density at radius 2 is 1.75 bits per heavy atom. The molecule has 6 nitrogen and oxygen atoms in total. The summed E-state index contributed by atoms with van der Waals surface area (Å²) in [6, 6.07) is 15.4. The number of nitrogens with zero attached hydrogens (tertiary/aromatic N) is 2. The van der Waals surface area contributed by atoms with Crippen molar-refractivity contribution >= 4 is 29.1 Å². The lowest BCUT2D eigenvalue weighted by Gasteiger charge is -2.11. The van der Waals surface area contributed by atoms with Gasteiger partial charge in [-0.1, -0.05) is 23.7 Å². The molecule has 0 fully saturated rings. The molecule has 0 unspecified atom stereocenters. The summed E-state index contributed by atoms with van der Waals surface area (Å²) in [4.78, 5) is 8.98. The van der Waals surface area contributed by atoms with Gasteiger partial charge < -0.3 is 20.1 Å². The van der Waals surface area contributed by atoms with Crippen molar-refractivity contribution in [3.8, 4) is 11.5 Å². The number of hydrogen-bond donors (Lipinski definition) is 2. The fourth-order valence-electron chi connectivity index (χ4n) is 2.71. The Morgan fingerprint density at radius 1 is 0.964 bits per heavy atom. The van der Waals surface area contributed by atoms with Crippen LogP contribution >= 0.6 is 11.6 Å². The zero-order chi connectivity index (χ0) is 19.9. The SMILES string of the molecule is COc1ccc(CCNc2nc(C)cc(Nc3ccc(OC)c(Cl)c3)n2)cc1. The fraction of sp³-hybridized carbons (Fsp3) is 0.238. The Kier molecular flexibility index (Phi) is 6.55. The molecule has 0 aliphatic carbocycles. The van der Waals surface area contributed by atoms with Crippen LogP contribution < -0.4 is 20.1 Å². The quantitative estimate of drug-likeness (QED) is 0.565. The maximum atomic E-state index is 6.19. The van der Waals surface area contributed by atoms with E-state index < -0.39 is 0 Å². The first-order chi connectivity index (χ1) is 13.6. The number of methoxy groups -OCH3 is 2. The highest BCUT2D eigenvalue weighted by molar-refractivity contribution is 6.32. The lowest BCUT2D eigenvalue weighted by Crippen LogP contribution is -2.09. The van der Waals surface area contributed by atoms with Crippen molar-refractivity contribution in [2.24, 2.45) is 0 Å². The van der Waals surface area contributed by atoms with Crippen molar-refractivity contribution in [1.82, 2.24) is 9.97 Å². The van der Waals surface area contributed by atoms with Crippen molar-refractivity contribution in [3.63, 3.8) is 0 Å². The molecular weight excluding hydrogens is 376 g/mol. The Labute approximate surface area is 169 Å². The van der Waals surface area contributed by atoms with Crippen molar-refractivity contribution in [3.05, 3.63) is 64.8 Å². The molecule has 0 amide bonds. The molecule has 0 saturated heterocycles. The second-order valence-electron chi connectivity index (χ2n) is 6.22. The van der Waals surface area contributed by atoms with Crippen LogP contribution in [0.1, 0.15) is 11.3 Å². The summed E-state index contributed by atoms with van der Waals surface area (Å²) in [5, 5.41) is 7.07.